The molecule has 0 fully saturated rings. The minimum atomic E-state index is 1.25. The lowest BCUT2D eigenvalue weighted by molar-refractivity contribution is 1.70. The Bertz CT molecular complexity index is 3790. The first-order valence-electron chi connectivity index (χ1n) is 19.2. The molecule has 2 aromatic heterocycles. The summed E-state index contributed by atoms with van der Waals surface area (Å²) < 4.78 is 5.33. The van der Waals surface area contributed by atoms with Crippen LogP contribution in [0.2, 0.25) is 0 Å². The highest BCUT2D eigenvalue weighted by molar-refractivity contribution is 7.26. The van der Waals surface area contributed by atoms with Gasteiger partial charge in [0.1, 0.15) is 0 Å². The zero-order chi connectivity index (χ0) is 36.5. The molecule has 0 saturated heterocycles. The van der Waals surface area contributed by atoms with Crippen LogP contribution in [0, 0.1) is 0 Å². The van der Waals surface area contributed by atoms with Crippen molar-refractivity contribution in [1.29, 1.82) is 0 Å². The Morgan fingerprint density at radius 2 is 0.518 bits per heavy atom. The minimum absolute atomic E-state index is 1.25. The van der Waals surface area contributed by atoms with Gasteiger partial charge in [-0.1, -0.05) is 133 Å². The van der Waals surface area contributed by atoms with Gasteiger partial charge < -0.3 is 0 Å². The Labute approximate surface area is 330 Å². The van der Waals surface area contributed by atoms with Crippen molar-refractivity contribution in [3.63, 3.8) is 0 Å². The third-order valence-electron chi connectivity index (χ3n) is 12.2. The maximum atomic E-state index is 2.44. The number of hydrogen-bond acceptors (Lipinski definition) is 2. The largest absolute Gasteiger partial charge is 0.135 e. The Hall–Kier alpha value is -6.58. The summed E-state index contributed by atoms with van der Waals surface area (Å²) in [7, 11) is 0. The predicted octanol–water partition coefficient (Wildman–Crippen LogP) is 16.7. The quantitative estimate of drug-likeness (QED) is 0.155. The van der Waals surface area contributed by atoms with Crippen molar-refractivity contribution < 1.29 is 0 Å². The van der Waals surface area contributed by atoms with E-state index in [4.69, 9.17) is 0 Å². The van der Waals surface area contributed by atoms with Gasteiger partial charge in [0.25, 0.3) is 0 Å². The molecule has 2 heteroatoms. The normalized spacial score (nSPS) is 12.3. The minimum Gasteiger partial charge on any atom is -0.135 e. The van der Waals surface area contributed by atoms with Gasteiger partial charge in [-0.3, -0.25) is 0 Å². The number of rotatable bonds is 2. The van der Waals surface area contributed by atoms with Crippen LogP contribution >= 0.6 is 22.7 Å². The average Bonchev–Trinajstić information content (AvgIpc) is 3.84. The standard InChI is InChI=1S/C54H30S2/c1-2-11-37-35(9-1)36-10-3-5-13-39(36)45-27-31(17-21-41(37)45)33-19-24-50-47(29-33)48-30-34(20-25-51(48)55-50)32-18-22-43-46(28-32)40-14-6-4-12-38(40)42-23-26-52-54(53(42)43)44-15-7-8-16-49(44)56-52/h1-30H. The van der Waals surface area contributed by atoms with Gasteiger partial charge in [0.05, 0.1) is 0 Å². The second kappa shape index (κ2) is 11.5. The van der Waals surface area contributed by atoms with Crippen molar-refractivity contribution in [3.8, 4) is 22.3 Å². The lowest BCUT2D eigenvalue weighted by Gasteiger charge is -2.13. The molecule has 0 amide bonds. The molecule has 11 aromatic carbocycles. The van der Waals surface area contributed by atoms with Gasteiger partial charge in [0.15, 0.2) is 0 Å². The fraction of sp³-hybridized carbons (Fsp3) is 0. The van der Waals surface area contributed by atoms with Crippen molar-refractivity contribution in [2.75, 3.05) is 0 Å². The van der Waals surface area contributed by atoms with Crippen LogP contribution in [0.15, 0.2) is 182 Å². The molecule has 56 heavy (non-hydrogen) atoms. The summed E-state index contributed by atoms with van der Waals surface area (Å²) in [4.78, 5) is 0. The van der Waals surface area contributed by atoms with E-state index < -0.39 is 0 Å². The van der Waals surface area contributed by atoms with Gasteiger partial charge >= 0.3 is 0 Å². The molecule has 0 aliphatic rings. The topological polar surface area (TPSA) is 0 Å². The van der Waals surface area contributed by atoms with Crippen LogP contribution in [0.25, 0.3) is 127 Å². The smallest absolute Gasteiger partial charge is 0.0362 e. The number of benzene rings is 11. The molecule has 13 rings (SSSR count). The third kappa shape index (κ3) is 4.29. The Morgan fingerprint density at radius 1 is 0.196 bits per heavy atom. The highest BCUT2D eigenvalue weighted by Gasteiger charge is 2.17. The Balaban J connectivity index is 0.997. The molecule has 0 aliphatic heterocycles. The highest BCUT2D eigenvalue weighted by atomic mass is 32.1. The van der Waals surface area contributed by atoms with Crippen LogP contribution in [0.3, 0.4) is 0 Å². The van der Waals surface area contributed by atoms with Crippen LogP contribution in [0.4, 0.5) is 0 Å². The molecule has 0 unspecified atom stereocenters. The molecular formula is C54H30S2. The maximum absolute atomic E-state index is 2.44. The van der Waals surface area contributed by atoms with Crippen LogP contribution in [-0.4, -0.2) is 0 Å². The first kappa shape index (κ1) is 30.7. The van der Waals surface area contributed by atoms with Crippen LogP contribution in [-0.2, 0) is 0 Å². The molecule has 0 aliphatic carbocycles. The SMILES string of the molecule is c1ccc2c(c1)sc1ccc3c4ccccc4c4cc(-c5ccc6sc7ccc(-c8ccc9c%10ccccc%10c%10ccccc%10c9c8)cc7c6c5)ccc4c3c12. The van der Waals surface area contributed by atoms with E-state index in [1.165, 1.54) is 127 Å². The molecule has 0 bridgehead atoms. The predicted molar refractivity (Wildman–Crippen MR) is 248 cm³/mol. The summed E-state index contributed by atoms with van der Waals surface area (Å²) >= 11 is 3.78. The molecule has 0 radical (unpaired) electrons. The first-order chi connectivity index (χ1) is 27.7. The van der Waals surface area contributed by atoms with E-state index in [2.05, 4.69) is 182 Å². The van der Waals surface area contributed by atoms with Crippen LogP contribution in [0.1, 0.15) is 0 Å². The fourth-order valence-corrected chi connectivity index (χ4v) is 11.8. The lowest BCUT2D eigenvalue weighted by Crippen LogP contribution is -1.86. The number of hydrogen-bond donors (Lipinski definition) is 0. The lowest BCUT2D eigenvalue weighted by atomic mass is 9.90. The van der Waals surface area contributed by atoms with Crippen molar-refractivity contribution in [1.82, 2.24) is 0 Å². The van der Waals surface area contributed by atoms with Crippen molar-refractivity contribution in [3.05, 3.63) is 182 Å². The molecule has 2 heterocycles. The zero-order valence-electron chi connectivity index (χ0n) is 30.1. The summed E-state index contributed by atoms with van der Waals surface area (Å²) in [5, 5.41) is 21.1. The zero-order valence-corrected chi connectivity index (χ0v) is 31.8. The van der Waals surface area contributed by atoms with Gasteiger partial charge in [0.2, 0.25) is 0 Å². The summed E-state index contributed by atoms with van der Waals surface area (Å²) in [6, 6.07) is 68.4. The number of fused-ring (bicyclic) bond motifs is 19. The summed E-state index contributed by atoms with van der Waals surface area (Å²) in [6.45, 7) is 0. The third-order valence-corrected chi connectivity index (χ3v) is 14.5. The Kier molecular flexibility index (Phi) is 6.29. The maximum Gasteiger partial charge on any atom is 0.0362 e. The van der Waals surface area contributed by atoms with Crippen molar-refractivity contribution in [2.24, 2.45) is 0 Å². The molecule has 0 spiro atoms. The summed E-state index contributed by atoms with van der Waals surface area (Å²) in [6.07, 6.45) is 0. The van der Waals surface area contributed by atoms with Gasteiger partial charge in [0, 0.05) is 40.3 Å². The van der Waals surface area contributed by atoms with Gasteiger partial charge in [-0.15, -0.1) is 22.7 Å². The van der Waals surface area contributed by atoms with Crippen molar-refractivity contribution in [2.45, 2.75) is 0 Å². The molecular weight excluding hydrogens is 713 g/mol. The van der Waals surface area contributed by atoms with Crippen molar-refractivity contribution >= 4 is 128 Å². The molecule has 0 atom stereocenters. The molecule has 13 aromatic rings. The average molecular weight is 743 g/mol. The number of thiophene rings is 2. The van der Waals surface area contributed by atoms with E-state index in [0.29, 0.717) is 0 Å². The second-order valence-corrected chi connectivity index (χ2v) is 17.3. The first-order valence-corrected chi connectivity index (χ1v) is 20.9. The van der Waals surface area contributed by atoms with Gasteiger partial charge in [-0.05, 0) is 135 Å². The fourth-order valence-electron chi connectivity index (χ4n) is 9.66. The second-order valence-electron chi connectivity index (χ2n) is 15.1. The Morgan fingerprint density at radius 3 is 1.09 bits per heavy atom. The van der Waals surface area contributed by atoms with Gasteiger partial charge in [-0.25, -0.2) is 0 Å². The van der Waals surface area contributed by atoms with E-state index in [-0.39, 0.29) is 0 Å². The molecule has 0 saturated carbocycles. The van der Waals surface area contributed by atoms with E-state index in [9.17, 15) is 0 Å². The molecule has 258 valence electrons. The molecule has 0 N–H and O–H groups in total. The van der Waals surface area contributed by atoms with E-state index in [0.717, 1.165) is 0 Å². The van der Waals surface area contributed by atoms with Crippen LogP contribution < -0.4 is 0 Å². The van der Waals surface area contributed by atoms with E-state index in [1.807, 2.05) is 22.7 Å². The summed E-state index contributed by atoms with van der Waals surface area (Å²) in [5.74, 6) is 0. The van der Waals surface area contributed by atoms with E-state index in [1.54, 1.807) is 0 Å². The van der Waals surface area contributed by atoms with Gasteiger partial charge in [-0.2, -0.15) is 0 Å². The summed E-state index contributed by atoms with van der Waals surface area (Å²) in [5.41, 5.74) is 4.99. The van der Waals surface area contributed by atoms with E-state index >= 15 is 0 Å². The van der Waals surface area contributed by atoms with Crippen LogP contribution in [0.5, 0.6) is 0 Å². The molecule has 0 nitrogen and oxygen atoms in total. The monoisotopic (exact) mass is 742 g/mol. The highest BCUT2D eigenvalue weighted by Crippen LogP contribution is 2.46.